The minimum atomic E-state index is -0.417. The van der Waals surface area contributed by atoms with E-state index < -0.39 is 4.92 Å². The van der Waals surface area contributed by atoms with Crippen molar-refractivity contribution in [3.8, 4) is 11.1 Å². The van der Waals surface area contributed by atoms with Crippen molar-refractivity contribution < 1.29 is 4.92 Å². The van der Waals surface area contributed by atoms with Gasteiger partial charge in [-0.05, 0) is 54.8 Å². The van der Waals surface area contributed by atoms with Gasteiger partial charge in [0.05, 0.1) is 10.4 Å². The molecule has 0 aliphatic carbocycles. The summed E-state index contributed by atoms with van der Waals surface area (Å²) in [6, 6.07) is 12.6. The number of aryl methyl sites for hydroxylation is 3. The smallest absolute Gasteiger partial charge is 0.297 e. The summed E-state index contributed by atoms with van der Waals surface area (Å²) in [5.41, 5.74) is 3.82. The minimum Gasteiger partial charge on any atom is -0.323 e. The third kappa shape index (κ3) is 3.48. The Kier molecular flexibility index (Phi) is 4.91. The van der Waals surface area contributed by atoms with Gasteiger partial charge in [0.15, 0.2) is 5.52 Å². The predicted octanol–water partition coefficient (Wildman–Crippen LogP) is 4.63. The molecule has 2 heterocycles. The summed E-state index contributed by atoms with van der Waals surface area (Å²) >= 11 is 5.98. The van der Waals surface area contributed by atoms with Crippen LogP contribution in [0.4, 0.5) is 5.69 Å². The normalized spacial score (nSPS) is 11.2. The van der Waals surface area contributed by atoms with Crippen LogP contribution in [0.5, 0.6) is 0 Å². The summed E-state index contributed by atoms with van der Waals surface area (Å²) in [5.74, 6) is 0.678. The third-order valence-corrected chi connectivity index (χ3v) is 5.42. The zero-order valence-corrected chi connectivity index (χ0v) is 17.5. The standard InChI is InChI=1S/C22H19ClN4O3/c1-13-8-17(12-25(3)22(13)28)16-9-19-21(20(10-16)27(29)30)24-14(2)26(19)11-15-4-6-18(23)7-5-15/h4-10,12H,11H2,1-3H3. The number of nitrogens with zero attached hydrogens (tertiary/aromatic N) is 4. The number of pyridine rings is 1. The molecule has 0 atom stereocenters. The van der Waals surface area contributed by atoms with Crippen LogP contribution in [-0.2, 0) is 13.6 Å². The van der Waals surface area contributed by atoms with Crippen molar-refractivity contribution in [1.29, 1.82) is 0 Å². The Morgan fingerprint density at radius 3 is 2.43 bits per heavy atom. The lowest BCUT2D eigenvalue weighted by molar-refractivity contribution is -0.383. The fourth-order valence-electron chi connectivity index (χ4n) is 3.63. The van der Waals surface area contributed by atoms with Crippen LogP contribution in [0.2, 0.25) is 5.02 Å². The molecule has 0 radical (unpaired) electrons. The average Bonchev–Trinajstić information content (AvgIpc) is 3.01. The molecule has 0 saturated heterocycles. The maximum atomic E-state index is 12.1. The van der Waals surface area contributed by atoms with E-state index in [1.807, 2.05) is 41.8 Å². The van der Waals surface area contributed by atoms with Gasteiger partial charge in [-0.25, -0.2) is 4.98 Å². The predicted molar refractivity (Wildman–Crippen MR) is 117 cm³/mol. The summed E-state index contributed by atoms with van der Waals surface area (Å²) in [4.78, 5) is 27.9. The highest BCUT2D eigenvalue weighted by atomic mass is 35.5. The fraction of sp³-hybridized carbons (Fsp3) is 0.182. The van der Waals surface area contributed by atoms with Gasteiger partial charge < -0.3 is 9.13 Å². The molecule has 0 N–H and O–H groups in total. The summed E-state index contributed by atoms with van der Waals surface area (Å²) in [7, 11) is 1.67. The van der Waals surface area contributed by atoms with Crippen molar-refractivity contribution in [2.45, 2.75) is 20.4 Å². The van der Waals surface area contributed by atoms with E-state index in [0.29, 0.717) is 39.6 Å². The van der Waals surface area contributed by atoms with E-state index in [9.17, 15) is 14.9 Å². The molecule has 0 saturated carbocycles. The van der Waals surface area contributed by atoms with Crippen LogP contribution in [0, 0.1) is 24.0 Å². The van der Waals surface area contributed by atoms with E-state index in [-0.39, 0.29) is 11.2 Å². The number of benzene rings is 2. The topological polar surface area (TPSA) is 83.0 Å². The first kappa shape index (κ1) is 19.8. The highest BCUT2D eigenvalue weighted by Crippen LogP contribution is 2.33. The van der Waals surface area contributed by atoms with E-state index in [1.54, 1.807) is 26.2 Å². The fourth-order valence-corrected chi connectivity index (χ4v) is 3.76. The van der Waals surface area contributed by atoms with Gasteiger partial charge in [-0.2, -0.15) is 0 Å². The number of non-ortho nitro benzene ring substituents is 1. The van der Waals surface area contributed by atoms with Gasteiger partial charge in [0.1, 0.15) is 5.82 Å². The number of aromatic nitrogens is 3. The van der Waals surface area contributed by atoms with Crippen molar-refractivity contribution >= 4 is 28.3 Å². The Balaban J connectivity index is 1.94. The molecular formula is C22H19ClN4O3. The second-order valence-electron chi connectivity index (χ2n) is 7.32. The van der Waals surface area contributed by atoms with Crippen LogP contribution >= 0.6 is 11.6 Å². The minimum absolute atomic E-state index is 0.0630. The molecule has 4 aromatic rings. The number of hydrogen-bond donors (Lipinski definition) is 0. The maximum Gasteiger partial charge on any atom is 0.297 e. The Labute approximate surface area is 177 Å². The van der Waals surface area contributed by atoms with Crippen LogP contribution < -0.4 is 5.56 Å². The van der Waals surface area contributed by atoms with Crippen LogP contribution in [0.15, 0.2) is 53.5 Å². The Hall–Kier alpha value is -3.45. The van der Waals surface area contributed by atoms with Crippen molar-refractivity contribution in [1.82, 2.24) is 14.1 Å². The number of rotatable bonds is 4. The van der Waals surface area contributed by atoms with Gasteiger partial charge in [0.2, 0.25) is 0 Å². The summed E-state index contributed by atoms with van der Waals surface area (Å²) in [5, 5.41) is 12.4. The molecule has 4 rings (SSSR count). The van der Waals surface area contributed by atoms with Gasteiger partial charge in [0.25, 0.3) is 11.2 Å². The molecule has 30 heavy (non-hydrogen) atoms. The first-order valence-corrected chi connectivity index (χ1v) is 9.70. The third-order valence-electron chi connectivity index (χ3n) is 5.17. The molecule has 152 valence electrons. The van der Waals surface area contributed by atoms with Gasteiger partial charge >= 0.3 is 0 Å². The van der Waals surface area contributed by atoms with Gasteiger partial charge in [0, 0.05) is 36.4 Å². The lowest BCUT2D eigenvalue weighted by atomic mass is 10.0. The molecule has 7 nitrogen and oxygen atoms in total. The SMILES string of the molecule is Cc1cc(-c2cc([N+](=O)[O-])c3nc(C)n(Cc4ccc(Cl)cc4)c3c2)cn(C)c1=O. The molecule has 0 fully saturated rings. The van der Waals surface area contributed by atoms with Crippen molar-refractivity contribution in [3.05, 3.63) is 91.1 Å². The lowest BCUT2D eigenvalue weighted by Crippen LogP contribution is -2.18. The van der Waals surface area contributed by atoms with Crippen LogP contribution in [-0.4, -0.2) is 19.0 Å². The van der Waals surface area contributed by atoms with E-state index >= 15 is 0 Å². The quantitative estimate of drug-likeness (QED) is 0.354. The molecular weight excluding hydrogens is 404 g/mol. The first-order valence-electron chi connectivity index (χ1n) is 9.32. The summed E-state index contributed by atoms with van der Waals surface area (Å²) in [6.07, 6.45) is 1.69. The van der Waals surface area contributed by atoms with Crippen molar-refractivity contribution in [2.75, 3.05) is 0 Å². The zero-order chi connectivity index (χ0) is 21.6. The first-order chi connectivity index (χ1) is 14.2. The highest BCUT2D eigenvalue weighted by Gasteiger charge is 2.21. The summed E-state index contributed by atoms with van der Waals surface area (Å²) in [6.45, 7) is 4.07. The monoisotopic (exact) mass is 422 g/mol. The zero-order valence-electron chi connectivity index (χ0n) is 16.7. The van der Waals surface area contributed by atoms with Crippen LogP contribution in [0.1, 0.15) is 17.0 Å². The van der Waals surface area contributed by atoms with E-state index in [0.717, 1.165) is 11.1 Å². The molecule has 0 unspecified atom stereocenters. The number of fused-ring (bicyclic) bond motifs is 1. The maximum absolute atomic E-state index is 12.1. The van der Waals surface area contributed by atoms with Gasteiger partial charge in [-0.1, -0.05) is 23.7 Å². The molecule has 2 aromatic heterocycles. The molecule has 0 aliphatic rings. The number of imidazole rings is 1. The Bertz CT molecular complexity index is 1330. The van der Waals surface area contributed by atoms with Gasteiger partial charge in [-0.15, -0.1) is 0 Å². The largest absolute Gasteiger partial charge is 0.323 e. The average molecular weight is 423 g/mol. The molecule has 0 amide bonds. The van der Waals surface area contributed by atoms with E-state index in [4.69, 9.17) is 11.6 Å². The van der Waals surface area contributed by atoms with Crippen molar-refractivity contribution in [2.24, 2.45) is 7.05 Å². The number of nitro groups is 1. The lowest BCUT2D eigenvalue weighted by Gasteiger charge is -2.10. The van der Waals surface area contributed by atoms with Crippen LogP contribution in [0.3, 0.4) is 0 Å². The highest BCUT2D eigenvalue weighted by molar-refractivity contribution is 6.30. The van der Waals surface area contributed by atoms with E-state index in [1.165, 1.54) is 10.6 Å². The van der Waals surface area contributed by atoms with E-state index in [2.05, 4.69) is 4.98 Å². The summed E-state index contributed by atoms with van der Waals surface area (Å²) < 4.78 is 3.43. The second kappa shape index (κ2) is 7.42. The molecule has 2 aromatic carbocycles. The van der Waals surface area contributed by atoms with Crippen LogP contribution in [0.25, 0.3) is 22.2 Å². The van der Waals surface area contributed by atoms with Crippen molar-refractivity contribution in [3.63, 3.8) is 0 Å². The Morgan fingerprint density at radius 2 is 1.80 bits per heavy atom. The number of halogens is 1. The molecule has 0 aliphatic heterocycles. The number of nitro benzene ring substituents is 1. The Morgan fingerprint density at radius 1 is 1.10 bits per heavy atom. The number of hydrogen-bond acceptors (Lipinski definition) is 4. The molecule has 0 bridgehead atoms. The van der Waals surface area contributed by atoms with Gasteiger partial charge in [-0.3, -0.25) is 14.9 Å². The molecule has 8 heteroatoms. The molecule has 0 spiro atoms. The second-order valence-corrected chi connectivity index (χ2v) is 7.76.